The van der Waals surface area contributed by atoms with E-state index < -0.39 is 41.8 Å². The summed E-state index contributed by atoms with van der Waals surface area (Å²) in [6.45, 7) is -6.73. The van der Waals surface area contributed by atoms with E-state index in [1.165, 1.54) is 0 Å². The molecule has 0 atom stereocenters. The van der Waals surface area contributed by atoms with Gasteiger partial charge >= 0.3 is 13.2 Å². The number of aldehydes is 1. The number of carbonyl (C=O) groups is 1. The number of alkyl halides is 4. The smallest absolute Gasteiger partial charge is 0.387 e. The number of benzene rings is 1. The average Bonchev–Trinajstić information content (AvgIpc) is 2.30. The van der Waals surface area contributed by atoms with Gasteiger partial charge in [0.1, 0.15) is 6.29 Å². The zero-order chi connectivity index (χ0) is 15.3. The molecule has 0 aromatic heterocycles. The molecule has 0 aliphatic carbocycles. The zero-order valence-electron chi connectivity index (χ0n) is 9.59. The molecule has 0 saturated carbocycles. The minimum Gasteiger partial charge on any atom is -0.431 e. The van der Waals surface area contributed by atoms with Gasteiger partial charge in [0.15, 0.2) is 11.5 Å². The molecule has 1 aromatic rings. The quantitative estimate of drug-likeness (QED) is 0.334. The predicted molar refractivity (Wildman–Crippen MR) is 56.1 cm³/mol. The molecule has 0 N–H and O–H groups in total. The molecular weight excluding hydrogens is 290 g/mol. The number of nitro benzene ring substituents is 1. The van der Waals surface area contributed by atoms with Crippen LogP contribution in [-0.2, 0) is 11.2 Å². The number of halogens is 4. The van der Waals surface area contributed by atoms with Crippen LogP contribution in [-0.4, -0.2) is 24.4 Å². The van der Waals surface area contributed by atoms with Gasteiger partial charge in [0, 0.05) is 12.0 Å². The number of ether oxygens (including phenoxy) is 2. The third-order valence-electron chi connectivity index (χ3n) is 2.08. The van der Waals surface area contributed by atoms with Crippen molar-refractivity contribution in [1.82, 2.24) is 0 Å². The molecule has 110 valence electrons. The van der Waals surface area contributed by atoms with E-state index in [0.29, 0.717) is 18.4 Å². The van der Waals surface area contributed by atoms with Gasteiger partial charge in [-0.3, -0.25) is 10.1 Å². The van der Waals surface area contributed by atoms with E-state index in [2.05, 4.69) is 9.47 Å². The van der Waals surface area contributed by atoms with Crippen LogP contribution in [0, 0.1) is 10.1 Å². The first-order valence-electron chi connectivity index (χ1n) is 4.99. The molecule has 10 heteroatoms. The van der Waals surface area contributed by atoms with Crippen molar-refractivity contribution in [1.29, 1.82) is 0 Å². The van der Waals surface area contributed by atoms with Gasteiger partial charge in [-0.1, -0.05) is 0 Å². The molecule has 0 spiro atoms. The second-order valence-corrected chi connectivity index (χ2v) is 3.31. The van der Waals surface area contributed by atoms with Gasteiger partial charge in [0.2, 0.25) is 0 Å². The van der Waals surface area contributed by atoms with Crippen molar-refractivity contribution in [3.63, 3.8) is 0 Å². The summed E-state index contributed by atoms with van der Waals surface area (Å²) in [6, 6.07) is 1.19. The van der Waals surface area contributed by atoms with E-state index in [0.717, 1.165) is 0 Å². The Kier molecular flexibility index (Phi) is 5.23. The van der Waals surface area contributed by atoms with Gasteiger partial charge in [-0.15, -0.1) is 0 Å². The average molecular weight is 297 g/mol. The van der Waals surface area contributed by atoms with E-state index in [-0.39, 0.29) is 5.56 Å². The fraction of sp³-hybridized carbons (Fsp3) is 0.300. The monoisotopic (exact) mass is 297 g/mol. The fourth-order valence-electron chi connectivity index (χ4n) is 1.39. The Balaban J connectivity index is 3.34. The molecule has 0 bridgehead atoms. The minimum absolute atomic E-state index is 0.262. The lowest BCUT2D eigenvalue weighted by molar-refractivity contribution is -0.385. The van der Waals surface area contributed by atoms with E-state index in [9.17, 15) is 32.5 Å². The van der Waals surface area contributed by atoms with Crippen LogP contribution in [0.1, 0.15) is 5.56 Å². The maximum atomic E-state index is 12.1. The summed E-state index contributed by atoms with van der Waals surface area (Å²) >= 11 is 0. The van der Waals surface area contributed by atoms with E-state index in [4.69, 9.17) is 0 Å². The Morgan fingerprint density at radius 2 is 1.65 bits per heavy atom. The predicted octanol–water partition coefficient (Wildman–Crippen LogP) is 2.54. The first-order chi connectivity index (χ1) is 9.35. The number of nitrogens with zero attached hydrogens (tertiary/aromatic N) is 1. The highest BCUT2D eigenvalue weighted by molar-refractivity contribution is 5.63. The summed E-state index contributed by atoms with van der Waals surface area (Å²) in [5.41, 5.74) is -0.975. The van der Waals surface area contributed by atoms with Crippen LogP contribution >= 0.6 is 0 Å². The summed E-state index contributed by atoms with van der Waals surface area (Å²) in [6.07, 6.45) is -0.174. The Morgan fingerprint density at radius 1 is 1.15 bits per heavy atom. The van der Waals surface area contributed by atoms with E-state index >= 15 is 0 Å². The number of hydrogen-bond acceptors (Lipinski definition) is 5. The van der Waals surface area contributed by atoms with Crippen LogP contribution < -0.4 is 9.47 Å². The van der Waals surface area contributed by atoms with Gasteiger partial charge in [0.25, 0.3) is 5.69 Å². The van der Waals surface area contributed by atoms with Crippen LogP contribution in [0.2, 0.25) is 0 Å². The summed E-state index contributed by atoms with van der Waals surface area (Å²) in [7, 11) is 0. The molecule has 1 aromatic carbocycles. The highest BCUT2D eigenvalue weighted by Gasteiger charge is 2.23. The van der Waals surface area contributed by atoms with Gasteiger partial charge in [0.05, 0.1) is 11.0 Å². The SMILES string of the molecule is O=CCc1cc(OC(F)F)c(OC(F)F)cc1[N+](=O)[O-]. The molecule has 0 heterocycles. The highest BCUT2D eigenvalue weighted by atomic mass is 19.3. The second kappa shape index (κ2) is 6.68. The maximum absolute atomic E-state index is 12.1. The summed E-state index contributed by atoms with van der Waals surface area (Å²) < 4.78 is 56.4. The Labute approximate surface area is 109 Å². The normalized spacial score (nSPS) is 10.7. The van der Waals surface area contributed by atoms with Crippen LogP contribution in [0.15, 0.2) is 12.1 Å². The van der Waals surface area contributed by atoms with Crippen molar-refractivity contribution in [2.45, 2.75) is 19.6 Å². The Bertz CT molecular complexity index is 509. The lowest BCUT2D eigenvalue weighted by Gasteiger charge is -2.12. The van der Waals surface area contributed by atoms with E-state index in [1.807, 2.05) is 0 Å². The van der Waals surface area contributed by atoms with Crippen molar-refractivity contribution in [2.24, 2.45) is 0 Å². The van der Waals surface area contributed by atoms with Gasteiger partial charge in [-0.2, -0.15) is 17.6 Å². The van der Waals surface area contributed by atoms with Crippen molar-refractivity contribution in [3.8, 4) is 11.5 Å². The Morgan fingerprint density at radius 3 is 2.05 bits per heavy atom. The molecule has 0 fully saturated rings. The van der Waals surface area contributed by atoms with Crippen LogP contribution in [0.3, 0.4) is 0 Å². The van der Waals surface area contributed by atoms with E-state index in [1.54, 1.807) is 0 Å². The second-order valence-electron chi connectivity index (χ2n) is 3.31. The van der Waals surface area contributed by atoms with Crippen molar-refractivity contribution < 1.29 is 36.8 Å². The van der Waals surface area contributed by atoms with Crippen LogP contribution in [0.25, 0.3) is 0 Å². The fourth-order valence-corrected chi connectivity index (χ4v) is 1.39. The lowest BCUT2D eigenvalue weighted by Crippen LogP contribution is -2.09. The molecule has 0 unspecified atom stereocenters. The molecule has 6 nitrogen and oxygen atoms in total. The maximum Gasteiger partial charge on any atom is 0.387 e. The van der Waals surface area contributed by atoms with Crippen LogP contribution in [0.5, 0.6) is 11.5 Å². The molecular formula is C10H7F4NO5. The Hall–Kier alpha value is -2.39. The molecule has 0 radical (unpaired) electrons. The first-order valence-corrected chi connectivity index (χ1v) is 4.99. The minimum atomic E-state index is -3.38. The summed E-state index contributed by atoms with van der Waals surface area (Å²) in [5, 5.41) is 10.7. The highest BCUT2D eigenvalue weighted by Crippen LogP contribution is 2.36. The van der Waals surface area contributed by atoms with Gasteiger partial charge < -0.3 is 14.3 Å². The number of hydrogen-bond donors (Lipinski definition) is 0. The zero-order valence-corrected chi connectivity index (χ0v) is 9.59. The largest absolute Gasteiger partial charge is 0.431 e. The molecule has 20 heavy (non-hydrogen) atoms. The molecule has 0 amide bonds. The van der Waals surface area contributed by atoms with Crippen molar-refractivity contribution in [2.75, 3.05) is 0 Å². The van der Waals surface area contributed by atoms with Crippen molar-refractivity contribution >= 4 is 12.0 Å². The standard InChI is InChI=1S/C10H7F4NO5/c11-9(12)19-7-3-5(1-2-16)6(15(17)18)4-8(7)20-10(13)14/h2-4,9-10H,1H2. The lowest BCUT2D eigenvalue weighted by atomic mass is 10.1. The number of rotatable bonds is 7. The van der Waals surface area contributed by atoms with Crippen LogP contribution in [0.4, 0.5) is 23.2 Å². The molecule has 1 rings (SSSR count). The summed E-state index contributed by atoms with van der Waals surface area (Å²) in [5.74, 6) is -1.73. The third kappa shape index (κ3) is 4.07. The van der Waals surface area contributed by atoms with Gasteiger partial charge in [-0.05, 0) is 6.07 Å². The number of carbonyl (C=O) groups excluding carboxylic acids is 1. The molecule has 0 aliphatic heterocycles. The van der Waals surface area contributed by atoms with Crippen molar-refractivity contribution in [3.05, 3.63) is 27.8 Å². The first kappa shape index (κ1) is 15.7. The summed E-state index contributed by atoms with van der Waals surface area (Å²) in [4.78, 5) is 20.2. The topological polar surface area (TPSA) is 78.7 Å². The molecule has 0 saturated heterocycles. The third-order valence-corrected chi connectivity index (χ3v) is 2.08. The number of nitro groups is 1. The molecule has 0 aliphatic rings. The van der Waals surface area contributed by atoms with Gasteiger partial charge in [-0.25, -0.2) is 0 Å².